The van der Waals surface area contributed by atoms with Crippen LogP contribution in [0.4, 0.5) is 0 Å². The number of fused-ring (bicyclic) bond motifs is 1. The topological polar surface area (TPSA) is 73.7 Å². The van der Waals surface area contributed by atoms with Crippen molar-refractivity contribution in [2.24, 2.45) is 0 Å². The van der Waals surface area contributed by atoms with E-state index in [1.54, 1.807) is 66.2 Å². The van der Waals surface area contributed by atoms with E-state index in [1.807, 2.05) is 37.3 Å². The van der Waals surface area contributed by atoms with Gasteiger partial charge in [0, 0.05) is 20.3 Å². The minimum atomic E-state index is -0.500. The molecule has 1 unspecified atom stereocenters. The zero-order valence-electron chi connectivity index (χ0n) is 21.2. The minimum absolute atomic E-state index is 0.203. The molecule has 0 aliphatic heterocycles. The first-order chi connectivity index (χ1) is 18.0. The van der Waals surface area contributed by atoms with Gasteiger partial charge in [-0.1, -0.05) is 42.8 Å². The molecule has 0 spiro atoms. The maximum atomic E-state index is 13.9. The summed E-state index contributed by atoms with van der Waals surface area (Å²) in [6, 6.07) is 21.0. The second kappa shape index (κ2) is 12.0. The molecular formula is C29H30ClN3O4. The fraction of sp³-hybridized carbons (Fsp3) is 0.276. The van der Waals surface area contributed by atoms with Gasteiger partial charge in [-0.3, -0.25) is 14.2 Å². The number of hydrogen-bond acceptors (Lipinski definition) is 5. The van der Waals surface area contributed by atoms with Crippen molar-refractivity contribution in [2.45, 2.75) is 25.8 Å². The molecule has 8 heteroatoms. The fourth-order valence-corrected chi connectivity index (χ4v) is 4.68. The van der Waals surface area contributed by atoms with E-state index in [0.29, 0.717) is 64.7 Å². The van der Waals surface area contributed by atoms with E-state index in [4.69, 9.17) is 26.1 Å². The standard InChI is InChI=1S/C29H30ClN3O4/c1-4-26(32(18-9-19-36-2)28(34)22-10-5-7-12-24(22)30)27-31-25-13-8-6-11-23(25)29(35)33(27)20-14-16-21(37-3)17-15-20/h5-8,10-17,26H,4,9,18-19H2,1-3H3. The molecule has 7 nitrogen and oxygen atoms in total. The average Bonchev–Trinajstić information content (AvgIpc) is 2.93. The van der Waals surface area contributed by atoms with E-state index in [-0.39, 0.29) is 11.5 Å². The van der Waals surface area contributed by atoms with Crippen LogP contribution >= 0.6 is 11.6 Å². The number of ether oxygens (including phenoxy) is 2. The van der Waals surface area contributed by atoms with Gasteiger partial charge in [-0.15, -0.1) is 0 Å². The number of hydrogen-bond donors (Lipinski definition) is 0. The molecule has 1 atom stereocenters. The molecule has 192 valence electrons. The van der Waals surface area contributed by atoms with Crippen LogP contribution in [0.1, 0.15) is 42.0 Å². The van der Waals surface area contributed by atoms with E-state index in [1.165, 1.54) is 0 Å². The minimum Gasteiger partial charge on any atom is -0.497 e. The Balaban J connectivity index is 1.92. The molecule has 3 aromatic carbocycles. The zero-order valence-corrected chi connectivity index (χ0v) is 21.9. The van der Waals surface area contributed by atoms with Gasteiger partial charge in [0.1, 0.15) is 11.6 Å². The first-order valence-electron chi connectivity index (χ1n) is 12.2. The third-order valence-electron chi connectivity index (χ3n) is 6.31. The van der Waals surface area contributed by atoms with Gasteiger partial charge in [-0.25, -0.2) is 4.98 Å². The van der Waals surface area contributed by atoms with E-state index in [0.717, 1.165) is 0 Å². The van der Waals surface area contributed by atoms with Gasteiger partial charge in [0.15, 0.2) is 0 Å². The lowest BCUT2D eigenvalue weighted by Gasteiger charge is -2.32. The lowest BCUT2D eigenvalue weighted by atomic mass is 10.1. The summed E-state index contributed by atoms with van der Waals surface area (Å²) in [5.74, 6) is 0.931. The highest BCUT2D eigenvalue weighted by molar-refractivity contribution is 6.33. The molecule has 0 saturated carbocycles. The number of carbonyl (C=O) groups is 1. The first kappa shape index (κ1) is 26.4. The number of methoxy groups -OCH3 is 2. The second-order valence-electron chi connectivity index (χ2n) is 8.57. The Labute approximate surface area is 221 Å². The van der Waals surface area contributed by atoms with Gasteiger partial charge < -0.3 is 14.4 Å². The largest absolute Gasteiger partial charge is 0.497 e. The molecule has 4 aromatic rings. The number of aromatic nitrogens is 2. The van der Waals surface area contributed by atoms with Crippen LogP contribution in [0.2, 0.25) is 5.02 Å². The van der Waals surface area contributed by atoms with E-state index in [2.05, 4.69) is 0 Å². The molecule has 1 amide bonds. The van der Waals surface area contributed by atoms with Gasteiger partial charge in [0.2, 0.25) is 0 Å². The maximum Gasteiger partial charge on any atom is 0.266 e. The molecule has 0 N–H and O–H groups in total. The molecule has 0 saturated heterocycles. The van der Waals surface area contributed by atoms with Crippen LogP contribution in [-0.4, -0.2) is 47.7 Å². The molecule has 0 aliphatic rings. The highest BCUT2D eigenvalue weighted by atomic mass is 35.5. The summed E-state index contributed by atoms with van der Waals surface area (Å²) in [7, 11) is 3.22. The van der Waals surface area contributed by atoms with Crippen molar-refractivity contribution in [3.05, 3.63) is 99.6 Å². The Morgan fingerprint density at radius 1 is 1.03 bits per heavy atom. The fourth-order valence-electron chi connectivity index (χ4n) is 4.46. The van der Waals surface area contributed by atoms with Gasteiger partial charge in [-0.2, -0.15) is 0 Å². The summed E-state index contributed by atoms with van der Waals surface area (Å²) >= 11 is 6.42. The van der Waals surface area contributed by atoms with Gasteiger partial charge in [0.05, 0.1) is 40.3 Å². The Morgan fingerprint density at radius 2 is 1.73 bits per heavy atom. The van der Waals surface area contributed by atoms with Crippen molar-refractivity contribution in [3.63, 3.8) is 0 Å². The number of carbonyl (C=O) groups excluding carboxylic acids is 1. The Bertz CT molecular complexity index is 1440. The summed E-state index contributed by atoms with van der Waals surface area (Å²) in [6.45, 7) is 2.87. The lowest BCUT2D eigenvalue weighted by molar-refractivity contribution is 0.0634. The quantitative estimate of drug-likeness (QED) is 0.252. The lowest BCUT2D eigenvalue weighted by Crippen LogP contribution is -2.39. The molecule has 0 fully saturated rings. The highest BCUT2D eigenvalue weighted by Crippen LogP contribution is 2.29. The molecule has 4 rings (SSSR count). The predicted molar refractivity (Wildman–Crippen MR) is 146 cm³/mol. The summed E-state index contributed by atoms with van der Waals surface area (Å²) in [5, 5.41) is 0.874. The number of halogens is 1. The normalized spacial score (nSPS) is 11.9. The summed E-state index contributed by atoms with van der Waals surface area (Å²) in [4.78, 5) is 34.4. The van der Waals surface area contributed by atoms with Crippen molar-refractivity contribution in [2.75, 3.05) is 27.4 Å². The number of amides is 1. The zero-order chi connectivity index (χ0) is 26.4. The summed E-state index contributed by atoms with van der Waals surface area (Å²) in [5.41, 5.74) is 1.41. The molecule has 0 aliphatic carbocycles. The maximum absolute atomic E-state index is 13.9. The number of nitrogens with zero attached hydrogens (tertiary/aromatic N) is 3. The highest BCUT2D eigenvalue weighted by Gasteiger charge is 2.30. The second-order valence-corrected chi connectivity index (χ2v) is 8.98. The van der Waals surface area contributed by atoms with Crippen LogP contribution < -0.4 is 10.3 Å². The van der Waals surface area contributed by atoms with Gasteiger partial charge in [0.25, 0.3) is 11.5 Å². The summed E-state index contributed by atoms with van der Waals surface area (Å²) < 4.78 is 12.2. The average molecular weight is 520 g/mol. The monoisotopic (exact) mass is 519 g/mol. The third-order valence-corrected chi connectivity index (χ3v) is 6.64. The van der Waals surface area contributed by atoms with E-state index >= 15 is 0 Å². The first-order valence-corrected chi connectivity index (χ1v) is 12.6. The van der Waals surface area contributed by atoms with Crippen molar-refractivity contribution in [3.8, 4) is 11.4 Å². The van der Waals surface area contributed by atoms with Crippen LogP contribution in [0.15, 0.2) is 77.6 Å². The van der Waals surface area contributed by atoms with E-state index < -0.39 is 6.04 Å². The Hall–Kier alpha value is -3.68. The predicted octanol–water partition coefficient (Wildman–Crippen LogP) is 5.68. The van der Waals surface area contributed by atoms with Crippen LogP contribution in [0.5, 0.6) is 5.75 Å². The van der Waals surface area contributed by atoms with E-state index in [9.17, 15) is 9.59 Å². The SMILES string of the molecule is CCC(c1nc2ccccc2c(=O)n1-c1ccc(OC)cc1)N(CCCOC)C(=O)c1ccccc1Cl. The molecule has 0 radical (unpaired) electrons. The Kier molecular flexibility index (Phi) is 8.58. The smallest absolute Gasteiger partial charge is 0.266 e. The van der Waals surface area contributed by atoms with Crippen molar-refractivity contribution < 1.29 is 14.3 Å². The van der Waals surface area contributed by atoms with Gasteiger partial charge >= 0.3 is 0 Å². The molecule has 1 heterocycles. The van der Waals surface area contributed by atoms with Crippen LogP contribution in [0, 0.1) is 0 Å². The van der Waals surface area contributed by atoms with Crippen LogP contribution in [0.3, 0.4) is 0 Å². The number of rotatable bonds is 10. The number of benzene rings is 3. The van der Waals surface area contributed by atoms with Crippen LogP contribution in [-0.2, 0) is 4.74 Å². The molecule has 1 aromatic heterocycles. The molecular weight excluding hydrogens is 490 g/mol. The number of para-hydroxylation sites is 1. The van der Waals surface area contributed by atoms with Gasteiger partial charge in [-0.05, 0) is 61.4 Å². The molecule has 37 heavy (non-hydrogen) atoms. The molecule has 0 bridgehead atoms. The Morgan fingerprint density at radius 3 is 2.41 bits per heavy atom. The third kappa shape index (κ3) is 5.53. The summed E-state index contributed by atoms with van der Waals surface area (Å²) in [6.07, 6.45) is 1.15. The van der Waals surface area contributed by atoms with Crippen molar-refractivity contribution >= 4 is 28.4 Å². The van der Waals surface area contributed by atoms with Crippen LogP contribution in [0.25, 0.3) is 16.6 Å². The van der Waals surface area contributed by atoms with Crippen molar-refractivity contribution in [1.29, 1.82) is 0 Å². The van der Waals surface area contributed by atoms with Crippen molar-refractivity contribution in [1.82, 2.24) is 14.5 Å².